The number of nitrogens with zero attached hydrogens (tertiary/aromatic N) is 2. The molecule has 2 saturated carbocycles. The number of hydrogen-bond donors (Lipinski definition) is 0. The Labute approximate surface area is 113 Å². The first-order valence-electron chi connectivity index (χ1n) is 6.94. The van der Waals surface area contributed by atoms with Gasteiger partial charge in [0.2, 0.25) is 5.88 Å². The van der Waals surface area contributed by atoms with Gasteiger partial charge in [-0.1, -0.05) is 18.0 Å². The van der Waals surface area contributed by atoms with Crippen LogP contribution in [-0.4, -0.2) is 16.1 Å². The van der Waals surface area contributed by atoms with E-state index in [-0.39, 0.29) is 0 Å². The van der Waals surface area contributed by atoms with Crippen LogP contribution in [-0.2, 0) is 0 Å². The van der Waals surface area contributed by atoms with Gasteiger partial charge in [0.1, 0.15) is 17.1 Å². The molecular formula is C14H19ClN2O. The first-order valence-corrected chi connectivity index (χ1v) is 7.32. The molecule has 1 heterocycles. The van der Waals surface area contributed by atoms with Gasteiger partial charge in [-0.15, -0.1) is 0 Å². The van der Waals surface area contributed by atoms with Gasteiger partial charge >= 0.3 is 0 Å². The fraction of sp³-hybridized carbons (Fsp3) is 0.714. The van der Waals surface area contributed by atoms with E-state index in [1.807, 2.05) is 6.92 Å². The topological polar surface area (TPSA) is 35.0 Å². The molecule has 1 aromatic rings. The third kappa shape index (κ3) is 2.61. The van der Waals surface area contributed by atoms with Crippen LogP contribution in [0.2, 0.25) is 5.15 Å². The Morgan fingerprint density at radius 1 is 1.06 bits per heavy atom. The molecule has 0 aromatic carbocycles. The monoisotopic (exact) mass is 266 g/mol. The lowest BCUT2D eigenvalue weighted by Crippen LogP contribution is -2.21. The van der Waals surface area contributed by atoms with E-state index in [0.717, 1.165) is 24.2 Å². The molecule has 2 aliphatic carbocycles. The van der Waals surface area contributed by atoms with E-state index in [2.05, 4.69) is 9.97 Å². The Morgan fingerprint density at radius 2 is 1.78 bits per heavy atom. The highest BCUT2D eigenvalue weighted by atomic mass is 35.5. The molecule has 0 N–H and O–H groups in total. The second-order valence-corrected chi connectivity index (χ2v) is 5.81. The summed E-state index contributed by atoms with van der Waals surface area (Å²) in [4.78, 5) is 8.93. The lowest BCUT2D eigenvalue weighted by atomic mass is 9.98. The zero-order chi connectivity index (χ0) is 12.5. The van der Waals surface area contributed by atoms with E-state index in [0.29, 0.717) is 23.1 Å². The normalized spacial score (nSPS) is 21.0. The molecule has 0 saturated heterocycles. The molecule has 4 heteroatoms. The average molecular weight is 267 g/mol. The Balaban J connectivity index is 1.80. The molecule has 0 aliphatic heterocycles. The lowest BCUT2D eigenvalue weighted by Gasteiger charge is -2.23. The highest BCUT2D eigenvalue weighted by Crippen LogP contribution is 2.40. The summed E-state index contributed by atoms with van der Waals surface area (Å²) in [6.45, 7) is 1.94. The van der Waals surface area contributed by atoms with Crippen molar-refractivity contribution in [2.75, 3.05) is 0 Å². The van der Waals surface area contributed by atoms with Crippen LogP contribution in [0.3, 0.4) is 0 Å². The maximum atomic E-state index is 6.18. The largest absolute Gasteiger partial charge is 0.474 e. The van der Waals surface area contributed by atoms with Crippen molar-refractivity contribution in [3.63, 3.8) is 0 Å². The maximum Gasteiger partial charge on any atom is 0.221 e. The fourth-order valence-electron chi connectivity index (χ4n) is 2.47. The van der Waals surface area contributed by atoms with Crippen LogP contribution in [0, 0.1) is 6.92 Å². The van der Waals surface area contributed by atoms with Gasteiger partial charge in [-0.3, -0.25) is 0 Å². The van der Waals surface area contributed by atoms with Crippen LogP contribution in [0.1, 0.15) is 62.3 Å². The van der Waals surface area contributed by atoms with Crippen molar-refractivity contribution in [2.24, 2.45) is 0 Å². The van der Waals surface area contributed by atoms with Crippen LogP contribution in [0.25, 0.3) is 0 Å². The smallest absolute Gasteiger partial charge is 0.221 e. The Morgan fingerprint density at radius 3 is 2.44 bits per heavy atom. The van der Waals surface area contributed by atoms with E-state index >= 15 is 0 Å². The Hall–Kier alpha value is -0.830. The van der Waals surface area contributed by atoms with E-state index in [1.165, 1.54) is 32.1 Å². The predicted molar refractivity (Wildman–Crippen MR) is 71.3 cm³/mol. The zero-order valence-corrected chi connectivity index (χ0v) is 11.5. The summed E-state index contributed by atoms with van der Waals surface area (Å²) in [7, 11) is 0. The van der Waals surface area contributed by atoms with Gasteiger partial charge in [0.25, 0.3) is 0 Å². The highest BCUT2D eigenvalue weighted by molar-refractivity contribution is 6.30. The molecule has 0 spiro atoms. The van der Waals surface area contributed by atoms with Gasteiger partial charge < -0.3 is 4.74 Å². The third-order valence-corrected chi connectivity index (χ3v) is 4.20. The van der Waals surface area contributed by atoms with E-state index in [4.69, 9.17) is 16.3 Å². The number of ether oxygens (including phenoxy) is 1. The van der Waals surface area contributed by atoms with E-state index in [9.17, 15) is 0 Å². The van der Waals surface area contributed by atoms with Crippen molar-refractivity contribution in [3.05, 3.63) is 16.5 Å². The van der Waals surface area contributed by atoms with Crippen LogP contribution < -0.4 is 4.74 Å². The second-order valence-electron chi connectivity index (χ2n) is 5.45. The minimum Gasteiger partial charge on any atom is -0.474 e. The third-order valence-electron chi connectivity index (χ3n) is 3.83. The maximum absolute atomic E-state index is 6.18. The van der Waals surface area contributed by atoms with Crippen LogP contribution in [0.5, 0.6) is 5.88 Å². The quantitative estimate of drug-likeness (QED) is 0.775. The molecule has 0 amide bonds. The highest BCUT2D eigenvalue weighted by Gasteiger charge is 2.29. The molecule has 18 heavy (non-hydrogen) atoms. The number of rotatable bonds is 3. The Bertz CT molecular complexity index is 440. The molecule has 2 aliphatic rings. The van der Waals surface area contributed by atoms with Crippen LogP contribution in [0.4, 0.5) is 0 Å². The first-order chi connectivity index (χ1) is 8.74. The summed E-state index contributed by atoms with van der Waals surface area (Å²) in [6, 6.07) is 0. The van der Waals surface area contributed by atoms with Crippen molar-refractivity contribution in [3.8, 4) is 5.88 Å². The number of halogens is 1. The van der Waals surface area contributed by atoms with Crippen molar-refractivity contribution in [1.29, 1.82) is 0 Å². The lowest BCUT2D eigenvalue weighted by molar-refractivity contribution is 0.147. The Kier molecular flexibility index (Phi) is 3.42. The molecule has 0 radical (unpaired) electrons. The summed E-state index contributed by atoms with van der Waals surface area (Å²) in [6.07, 6.45) is 8.81. The molecule has 0 bridgehead atoms. The summed E-state index contributed by atoms with van der Waals surface area (Å²) in [5.41, 5.74) is 0.881. The summed E-state index contributed by atoms with van der Waals surface area (Å²) < 4.78 is 6.05. The van der Waals surface area contributed by atoms with Gasteiger partial charge in [-0.2, -0.15) is 4.98 Å². The van der Waals surface area contributed by atoms with E-state index in [1.54, 1.807) is 0 Å². The molecule has 98 valence electrons. The molecule has 1 aromatic heterocycles. The van der Waals surface area contributed by atoms with Gasteiger partial charge in [-0.25, -0.2) is 4.98 Å². The summed E-state index contributed by atoms with van der Waals surface area (Å²) >= 11 is 6.18. The van der Waals surface area contributed by atoms with Crippen molar-refractivity contribution in [1.82, 2.24) is 9.97 Å². The molecular weight excluding hydrogens is 248 g/mol. The predicted octanol–water partition coefficient (Wildman–Crippen LogP) is 4.03. The van der Waals surface area contributed by atoms with Crippen molar-refractivity contribution in [2.45, 2.75) is 63.9 Å². The zero-order valence-electron chi connectivity index (χ0n) is 10.8. The SMILES string of the molecule is Cc1c(Cl)nc(C2CC2)nc1OC1CCCCC1. The average Bonchev–Trinajstić information content (AvgIpc) is 3.20. The van der Waals surface area contributed by atoms with Gasteiger partial charge in [0.05, 0.1) is 0 Å². The van der Waals surface area contributed by atoms with Gasteiger partial charge in [0, 0.05) is 11.5 Å². The molecule has 0 unspecified atom stereocenters. The second kappa shape index (κ2) is 5.04. The van der Waals surface area contributed by atoms with Crippen LogP contribution >= 0.6 is 11.6 Å². The number of hydrogen-bond acceptors (Lipinski definition) is 3. The van der Waals surface area contributed by atoms with E-state index < -0.39 is 0 Å². The summed E-state index contributed by atoms with van der Waals surface area (Å²) in [5.74, 6) is 2.09. The first kappa shape index (κ1) is 12.2. The van der Waals surface area contributed by atoms with Crippen LogP contribution in [0.15, 0.2) is 0 Å². The standard InChI is InChI=1S/C14H19ClN2O/c1-9-12(15)16-13(10-7-8-10)17-14(9)18-11-5-3-2-4-6-11/h10-11H,2-8H2,1H3. The molecule has 2 fully saturated rings. The van der Waals surface area contributed by atoms with Crippen molar-refractivity contribution >= 4 is 11.6 Å². The van der Waals surface area contributed by atoms with Crippen molar-refractivity contribution < 1.29 is 4.74 Å². The fourth-order valence-corrected chi connectivity index (χ4v) is 2.63. The molecule has 3 rings (SSSR count). The minimum atomic E-state index is 0.315. The van der Waals surface area contributed by atoms with Gasteiger partial charge in [0.15, 0.2) is 0 Å². The van der Waals surface area contributed by atoms with Gasteiger partial charge in [-0.05, 0) is 45.4 Å². The molecule has 0 atom stereocenters. The molecule has 3 nitrogen and oxygen atoms in total. The number of aromatic nitrogens is 2. The minimum absolute atomic E-state index is 0.315. The summed E-state index contributed by atoms with van der Waals surface area (Å²) in [5, 5.41) is 0.553.